The number of aliphatic hydroxyl groups excluding tert-OH is 1. The summed E-state index contributed by atoms with van der Waals surface area (Å²) in [5.74, 6) is 0.977. The lowest BCUT2D eigenvalue weighted by Crippen LogP contribution is -2.29. The summed E-state index contributed by atoms with van der Waals surface area (Å²) in [5.41, 5.74) is 5.95. The number of hydrogen-bond acceptors (Lipinski definition) is 3. The number of aliphatic hydroxyl groups is 1. The number of aromatic nitrogens is 2. The first-order valence-electron chi connectivity index (χ1n) is 11.4. The Morgan fingerprint density at radius 2 is 1.90 bits per heavy atom. The van der Waals surface area contributed by atoms with E-state index in [1.54, 1.807) is 7.11 Å². The van der Waals surface area contributed by atoms with Crippen LogP contribution < -0.4 is 9.64 Å². The van der Waals surface area contributed by atoms with Gasteiger partial charge in [0.05, 0.1) is 24.9 Å². The first-order valence-corrected chi connectivity index (χ1v) is 11.4. The third-order valence-corrected chi connectivity index (χ3v) is 6.64. The van der Waals surface area contributed by atoms with E-state index in [0.29, 0.717) is 0 Å². The molecule has 1 fully saturated rings. The van der Waals surface area contributed by atoms with Crippen molar-refractivity contribution in [2.75, 3.05) is 25.1 Å². The fraction of sp³-hybridized carbons (Fsp3) is 0.385. The molecule has 1 aliphatic rings. The number of ether oxygens (including phenoxy) is 1. The number of methoxy groups -OCH3 is 1. The SMILES string of the molecule is COc1ccc2c(ccn2CCCc2c[nH]c3ccc(CO)cc23)c1N1CCCCC1. The molecule has 0 aliphatic carbocycles. The van der Waals surface area contributed by atoms with Crippen LogP contribution in [0.25, 0.3) is 21.8 Å². The molecule has 0 unspecified atom stereocenters. The van der Waals surface area contributed by atoms with Gasteiger partial charge in [-0.05, 0) is 73.6 Å². The molecule has 3 heterocycles. The Morgan fingerprint density at radius 1 is 1.03 bits per heavy atom. The highest BCUT2D eigenvalue weighted by Crippen LogP contribution is 2.38. The van der Waals surface area contributed by atoms with Gasteiger partial charge in [-0.15, -0.1) is 0 Å². The Bertz CT molecular complexity index is 1180. The zero-order valence-corrected chi connectivity index (χ0v) is 18.2. The van der Waals surface area contributed by atoms with Crippen LogP contribution in [-0.2, 0) is 19.6 Å². The van der Waals surface area contributed by atoms with Crippen LogP contribution in [0.5, 0.6) is 5.75 Å². The first kappa shape index (κ1) is 20.0. The third-order valence-electron chi connectivity index (χ3n) is 6.64. The number of nitrogens with zero attached hydrogens (tertiary/aromatic N) is 2. The van der Waals surface area contributed by atoms with Crippen LogP contribution in [0.4, 0.5) is 5.69 Å². The van der Waals surface area contributed by atoms with Crippen LogP contribution in [0.3, 0.4) is 0 Å². The predicted molar refractivity (Wildman–Crippen MR) is 127 cm³/mol. The maximum Gasteiger partial charge on any atom is 0.142 e. The second-order valence-corrected chi connectivity index (χ2v) is 8.56. The molecule has 5 rings (SSSR count). The minimum atomic E-state index is 0.0821. The maximum absolute atomic E-state index is 9.46. The molecule has 2 aromatic heterocycles. The zero-order valence-electron chi connectivity index (χ0n) is 18.2. The number of benzene rings is 2. The molecule has 5 heteroatoms. The lowest BCUT2D eigenvalue weighted by atomic mass is 10.1. The smallest absolute Gasteiger partial charge is 0.142 e. The van der Waals surface area contributed by atoms with Crippen molar-refractivity contribution in [3.63, 3.8) is 0 Å². The molecule has 31 heavy (non-hydrogen) atoms. The van der Waals surface area contributed by atoms with Crippen LogP contribution in [-0.4, -0.2) is 34.9 Å². The van der Waals surface area contributed by atoms with E-state index in [1.165, 1.54) is 46.8 Å². The summed E-state index contributed by atoms with van der Waals surface area (Å²) in [6.45, 7) is 3.27. The standard InChI is InChI=1S/C26H31N3O2/c1-31-25-10-9-24-21(26(25)29-12-3-2-4-13-29)11-15-28(24)14-5-6-20-17-27-23-8-7-19(18-30)16-22(20)23/h7-11,15-17,27,30H,2-6,12-14,18H2,1H3. The van der Waals surface area contributed by atoms with Crippen molar-refractivity contribution in [1.29, 1.82) is 0 Å². The van der Waals surface area contributed by atoms with Crippen LogP contribution in [0.15, 0.2) is 48.8 Å². The van der Waals surface area contributed by atoms with E-state index < -0.39 is 0 Å². The molecule has 0 atom stereocenters. The third kappa shape index (κ3) is 3.79. The molecular formula is C26H31N3O2. The van der Waals surface area contributed by atoms with Gasteiger partial charge in [0, 0.05) is 48.3 Å². The molecule has 0 spiro atoms. The highest BCUT2D eigenvalue weighted by atomic mass is 16.5. The molecule has 0 bridgehead atoms. The molecule has 1 saturated heterocycles. The lowest BCUT2D eigenvalue weighted by molar-refractivity contribution is 0.282. The highest BCUT2D eigenvalue weighted by molar-refractivity contribution is 5.96. The van der Waals surface area contributed by atoms with Crippen molar-refractivity contribution in [3.05, 3.63) is 59.9 Å². The summed E-state index contributed by atoms with van der Waals surface area (Å²) in [4.78, 5) is 5.86. The van der Waals surface area contributed by atoms with E-state index in [9.17, 15) is 5.11 Å². The summed E-state index contributed by atoms with van der Waals surface area (Å²) < 4.78 is 8.10. The average molecular weight is 418 g/mol. The molecule has 0 radical (unpaired) electrons. The maximum atomic E-state index is 9.46. The average Bonchev–Trinajstić information content (AvgIpc) is 3.42. The number of nitrogens with one attached hydrogen (secondary N) is 1. The molecule has 2 N–H and O–H groups in total. The number of H-pyrrole nitrogens is 1. The van der Waals surface area contributed by atoms with Gasteiger partial charge in [-0.2, -0.15) is 0 Å². The van der Waals surface area contributed by atoms with Gasteiger partial charge in [-0.1, -0.05) is 6.07 Å². The largest absolute Gasteiger partial charge is 0.495 e. The Morgan fingerprint density at radius 3 is 2.71 bits per heavy atom. The molecule has 5 nitrogen and oxygen atoms in total. The Kier molecular flexibility index (Phi) is 5.60. The molecule has 2 aromatic carbocycles. The number of rotatable bonds is 7. The number of fused-ring (bicyclic) bond motifs is 2. The predicted octanol–water partition coefficient (Wildman–Crippen LogP) is 5.25. The van der Waals surface area contributed by atoms with Crippen LogP contribution in [0.2, 0.25) is 0 Å². The van der Waals surface area contributed by atoms with Gasteiger partial charge in [0.2, 0.25) is 0 Å². The van der Waals surface area contributed by atoms with E-state index in [-0.39, 0.29) is 6.61 Å². The summed E-state index contributed by atoms with van der Waals surface area (Å²) in [6.07, 6.45) is 10.2. The molecule has 0 saturated carbocycles. The second kappa shape index (κ2) is 8.67. The number of aryl methyl sites for hydroxylation is 2. The van der Waals surface area contributed by atoms with Crippen LogP contribution in [0, 0.1) is 0 Å². The lowest BCUT2D eigenvalue weighted by Gasteiger charge is -2.30. The Hall–Kier alpha value is -2.92. The van der Waals surface area contributed by atoms with Crippen molar-refractivity contribution in [2.24, 2.45) is 0 Å². The van der Waals surface area contributed by atoms with Gasteiger partial charge >= 0.3 is 0 Å². The van der Waals surface area contributed by atoms with Crippen molar-refractivity contribution in [3.8, 4) is 5.75 Å². The number of anilines is 1. The van der Waals surface area contributed by atoms with E-state index in [2.05, 4.69) is 57.2 Å². The number of piperidine rings is 1. The minimum Gasteiger partial charge on any atom is -0.495 e. The van der Waals surface area contributed by atoms with Crippen molar-refractivity contribution < 1.29 is 9.84 Å². The zero-order chi connectivity index (χ0) is 21.2. The molecular weight excluding hydrogens is 386 g/mol. The van der Waals surface area contributed by atoms with Gasteiger partial charge in [0.15, 0.2) is 0 Å². The summed E-state index contributed by atoms with van der Waals surface area (Å²) in [7, 11) is 1.77. The number of aromatic amines is 1. The quantitative estimate of drug-likeness (QED) is 0.432. The van der Waals surface area contributed by atoms with Crippen molar-refractivity contribution in [1.82, 2.24) is 9.55 Å². The Balaban J connectivity index is 1.37. The molecule has 1 aliphatic heterocycles. The van der Waals surface area contributed by atoms with Gasteiger partial charge in [0.1, 0.15) is 5.75 Å². The topological polar surface area (TPSA) is 53.4 Å². The van der Waals surface area contributed by atoms with Crippen LogP contribution >= 0.6 is 0 Å². The van der Waals surface area contributed by atoms with E-state index in [1.807, 2.05) is 6.07 Å². The minimum absolute atomic E-state index is 0.0821. The fourth-order valence-electron chi connectivity index (χ4n) is 5.01. The van der Waals surface area contributed by atoms with Gasteiger partial charge in [-0.3, -0.25) is 0 Å². The monoisotopic (exact) mass is 417 g/mol. The summed E-state index contributed by atoms with van der Waals surface area (Å²) in [6, 6.07) is 12.7. The Labute approximate surface area is 183 Å². The second-order valence-electron chi connectivity index (χ2n) is 8.56. The van der Waals surface area contributed by atoms with E-state index >= 15 is 0 Å². The fourth-order valence-corrected chi connectivity index (χ4v) is 5.01. The summed E-state index contributed by atoms with van der Waals surface area (Å²) >= 11 is 0. The molecule has 4 aromatic rings. The van der Waals surface area contributed by atoms with E-state index in [4.69, 9.17) is 4.74 Å². The van der Waals surface area contributed by atoms with E-state index in [0.717, 1.165) is 49.3 Å². The van der Waals surface area contributed by atoms with Gasteiger partial charge in [-0.25, -0.2) is 0 Å². The number of hydrogen-bond donors (Lipinski definition) is 2. The molecule has 162 valence electrons. The normalized spacial score (nSPS) is 14.6. The van der Waals surface area contributed by atoms with Crippen molar-refractivity contribution in [2.45, 2.75) is 45.3 Å². The van der Waals surface area contributed by atoms with Gasteiger partial charge in [0.25, 0.3) is 0 Å². The van der Waals surface area contributed by atoms with Crippen LogP contribution in [0.1, 0.15) is 36.8 Å². The molecule has 0 amide bonds. The van der Waals surface area contributed by atoms with Crippen molar-refractivity contribution >= 4 is 27.5 Å². The van der Waals surface area contributed by atoms with Gasteiger partial charge < -0.3 is 24.3 Å². The summed E-state index contributed by atoms with van der Waals surface area (Å²) in [5, 5.41) is 12.0. The first-order chi connectivity index (χ1) is 15.3. The highest BCUT2D eigenvalue weighted by Gasteiger charge is 2.19.